The molecule has 0 unspecified atom stereocenters. The van der Waals surface area contributed by atoms with Crippen molar-refractivity contribution in [1.82, 2.24) is 5.32 Å². The summed E-state index contributed by atoms with van der Waals surface area (Å²) in [4.78, 5) is 11.6. The number of benzene rings is 1. The van der Waals surface area contributed by atoms with Crippen LogP contribution < -0.4 is 5.32 Å². The monoisotopic (exact) mass is 227 g/mol. The maximum absolute atomic E-state index is 13.3. The third-order valence-corrected chi connectivity index (χ3v) is 2.85. The Bertz CT molecular complexity index is 390. The molecule has 0 aromatic heterocycles. The zero-order valence-corrected chi connectivity index (χ0v) is 8.85. The fourth-order valence-corrected chi connectivity index (χ4v) is 1.66. The van der Waals surface area contributed by atoms with Gasteiger partial charge in [-0.1, -0.05) is 11.6 Å². The van der Waals surface area contributed by atoms with Crippen LogP contribution in [0.4, 0.5) is 4.39 Å². The van der Waals surface area contributed by atoms with Gasteiger partial charge in [0.1, 0.15) is 5.82 Å². The first-order chi connectivity index (χ1) is 7.16. The Balaban J connectivity index is 2.12. The Morgan fingerprint density at radius 3 is 2.80 bits per heavy atom. The Kier molecular flexibility index (Phi) is 2.91. The van der Waals surface area contributed by atoms with Gasteiger partial charge in [-0.2, -0.15) is 0 Å². The molecule has 1 aliphatic rings. The minimum Gasteiger partial charge on any atom is -0.349 e. The summed E-state index contributed by atoms with van der Waals surface area (Å²) in [5, 5.41) is 3.13. The molecule has 1 amide bonds. The minimum atomic E-state index is -0.531. The lowest BCUT2D eigenvalue weighted by molar-refractivity contribution is 0.0913. The molecule has 2 rings (SSSR count). The maximum atomic E-state index is 13.3. The van der Waals surface area contributed by atoms with E-state index in [9.17, 15) is 9.18 Å². The van der Waals surface area contributed by atoms with E-state index < -0.39 is 5.82 Å². The molecule has 2 nitrogen and oxygen atoms in total. The van der Waals surface area contributed by atoms with Crippen molar-refractivity contribution in [3.63, 3.8) is 0 Å². The van der Waals surface area contributed by atoms with Crippen LogP contribution in [-0.2, 0) is 0 Å². The number of rotatable bonds is 2. The number of amides is 1. The molecule has 0 atom stereocenters. The summed E-state index contributed by atoms with van der Waals surface area (Å²) in [5.74, 6) is -0.907. The number of hydrogen-bond donors (Lipinski definition) is 1. The maximum Gasteiger partial charge on any atom is 0.254 e. The second kappa shape index (κ2) is 4.19. The standard InChI is InChI=1S/C11H11ClFNO/c12-7-4-5-10(13)9(6-7)11(15)14-8-2-1-3-8/h4-6,8H,1-3H2,(H,14,15). The molecule has 1 saturated carbocycles. The predicted molar refractivity (Wildman–Crippen MR) is 56.5 cm³/mol. The third-order valence-electron chi connectivity index (χ3n) is 2.61. The molecule has 0 heterocycles. The lowest BCUT2D eigenvalue weighted by atomic mass is 9.93. The Labute approximate surface area is 92.4 Å². The smallest absolute Gasteiger partial charge is 0.254 e. The SMILES string of the molecule is O=C(NC1CCC1)c1cc(Cl)ccc1F. The molecule has 0 aliphatic heterocycles. The van der Waals surface area contributed by atoms with Gasteiger partial charge in [0.2, 0.25) is 0 Å². The molecule has 80 valence electrons. The number of carbonyl (C=O) groups excluding carboxylic acids is 1. The summed E-state index contributed by atoms with van der Waals surface area (Å²) in [6, 6.07) is 4.19. The number of nitrogens with one attached hydrogen (secondary N) is 1. The molecule has 0 spiro atoms. The topological polar surface area (TPSA) is 29.1 Å². The number of halogens is 2. The van der Waals surface area contributed by atoms with E-state index in [1.165, 1.54) is 18.2 Å². The van der Waals surface area contributed by atoms with E-state index in [1.54, 1.807) is 0 Å². The van der Waals surface area contributed by atoms with Gasteiger partial charge < -0.3 is 5.32 Å². The van der Waals surface area contributed by atoms with E-state index >= 15 is 0 Å². The van der Waals surface area contributed by atoms with Crippen molar-refractivity contribution in [2.24, 2.45) is 0 Å². The average Bonchev–Trinajstić information content (AvgIpc) is 2.15. The van der Waals surface area contributed by atoms with Gasteiger partial charge >= 0.3 is 0 Å². The van der Waals surface area contributed by atoms with Crippen molar-refractivity contribution >= 4 is 17.5 Å². The van der Waals surface area contributed by atoms with Crippen LogP contribution in [0.2, 0.25) is 5.02 Å². The van der Waals surface area contributed by atoms with E-state index in [1.807, 2.05) is 0 Å². The third kappa shape index (κ3) is 2.29. The Hall–Kier alpha value is -1.09. The molecule has 15 heavy (non-hydrogen) atoms. The van der Waals surface area contributed by atoms with Gasteiger partial charge in [0.15, 0.2) is 0 Å². The summed E-state index contributed by atoms with van der Waals surface area (Å²) in [5.41, 5.74) is 0.0226. The zero-order valence-electron chi connectivity index (χ0n) is 8.09. The van der Waals surface area contributed by atoms with Crippen LogP contribution in [0.1, 0.15) is 29.6 Å². The first-order valence-electron chi connectivity index (χ1n) is 4.93. The van der Waals surface area contributed by atoms with E-state index in [-0.39, 0.29) is 17.5 Å². The number of hydrogen-bond acceptors (Lipinski definition) is 1. The zero-order chi connectivity index (χ0) is 10.8. The Morgan fingerprint density at radius 2 is 2.20 bits per heavy atom. The molecule has 1 aromatic carbocycles. The molecule has 1 aromatic rings. The molecule has 1 aliphatic carbocycles. The van der Waals surface area contributed by atoms with E-state index in [4.69, 9.17) is 11.6 Å². The quantitative estimate of drug-likeness (QED) is 0.827. The molecule has 4 heteroatoms. The molecule has 1 N–H and O–H groups in total. The number of carbonyl (C=O) groups is 1. The molecule has 0 radical (unpaired) electrons. The lowest BCUT2D eigenvalue weighted by Gasteiger charge is -2.26. The van der Waals surface area contributed by atoms with Gasteiger partial charge in [-0.25, -0.2) is 4.39 Å². The normalized spacial score (nSPS) is 15.9. The fraction of sp³-hybridized carbons (Fsp3) is 0.364. The Morgan fingerprint density at radius 1 is 1.47 bits per heavy atom. The van der Waals surface area contributed by atoms with E-state index in [0.717, 1.165) is 19.3 Å². The molecule has 1 fully saturated rings. The largest absolute Gasteiger partial charge is 0.349 e. The van der Waals surface area contributed by atoms with Crippen molar-refractivity contribution in [3.8, 4) is 0 Å². The van der Waals surface area contributed by atoms with Crippen molar-refractivity contribution in [2.45, 2.75) is 25.3 Å². The highest BCUT2D eigenvalue weighted by molar-refractivity contribution is 6.31. The van der Waals surface area contributed by atoms with Crippen LogP contribution >= 0.6 is 11.6 Å². The molecule has 0 saturated heterocycles. The lowest BCUT2D eigenvalue weighted by Crippen LogP contribution is -2.39. The van der Waals surface area contributed by atoms with Crippen LogP contribution in [0, 0.1) is 5.82 Å². The minimum absolute atomic E-state index is 0.0226. The highest BCUT2D eigenvalue weighted by atomic mass is 35.5. The summed E-state index contributed by atoms with van der Waals surface area (Å²) >= 11 is 5.70. The summed E-state index contributed by atoms with van der Waals surface area (Å²) < 4.78 is 13.3. The van der Waals surface area contributed by atoms with Crippen LogP contribution in [0.5, 0.6) is 0 Å². The summed E-state index contributed by atoms with van der Waals surface area (Å²) in [6.45, 7) is 0. The summed E-state index contributed by atoms with van der Waals surface area (Å²) in [6.07, 6.45) is 3.09. The van der Waals surface area contributed by atoms with E-state index in [0.29, 0.717) is 5.02 Å². The van der Waals surface area contributed by atoms with Gasteiger partial charge in [0.25, 0.3) is 5.91 Å². The van der Waals surface area contributed by atoms with E-state index in [2.05, 4.69) is 5.32 Å². The molecular weight excluding hydrogens is 217 g/mol. The summed E-state index contributed by atoms with van der Waals surface area (Å²) in [7, 11) is 0. The predicted octanol–water partition coefficient (Wildman–Crippen LogP) is 2.76. The highest BCUT2D eigenvalue weighted by Crippen LogP contribution is 2.20. The van der Waals surface area contributed by atoms with Crippen LogP contribution in [0.3, 0.4) is 0 Å². The highest BCUT2D eigenvalue weighted by Gasteiger charge is 2.21. The first kappa shape index (κ1) is 10.4. The molecule has 0 bridgehead atoms. The van der Waals surface area contributed by atoms with Crippen molar-refractivity contribution in [2.75, 3.05) is 0 Å². The van der Waals surface area contributed by atoms with Crippen molar-refractivity contribution < 1.29 is 9.18 Å². The molecular formula is C11H11ClFNO. The van der Waals surface area contributed by atoms with Gasteiger partial charge in [-0.3, -0.25) is 4.79 Å². The average molecular weight is 228 g/mol. The van der Waals surface area contributed by atoms with Crippen molar-refractivity contribution in [3.05, 3.63) is 34.6 Å². The van der Waals surface area contributed by atoms with Crippen LogP contribution in [0.25, 0.3) is 0 Å². The van der Waals surface area contributed by atoms with Gasteiger partial charge in [0.05, 0.1) is 5.56 Å². The van der Waals surface area contributed by atoms with Crippen LogP contribution in [-0.4, -0.2) is 11.9 Å². The van der Waals surface area contributed by atoms with Crippen LogP contribution in [0.15, 0.2) is 18.2 Å². The van der Waals surface area contributed by atoms with Gasteiger partial charge in [-0.05, 0) is 37.5 Å². The fourth-order valence-electron chi connectivity index (χ4n) is 1.49. The second-order valence-electron chi connectivity index (χ2n) is 3.73. The van der Waals surface area contributed by atoms with Gasteiger partial charge in [-0.15, -0.1) is 0 Å². The second-order valence-corrected chi connectivity index (χ2v) is 4.16. The van der Waals surface area contributed by atoms with Gasteiger partial charge in [0, 0.05) is 11.1 Å². The first-order valence-corrected chi connectivity index (χ1v) is 5.30. The van der Waals surface area contributed by atoms with Crippen molar-refractivity contribution in [1.29, 1.82) is 0 Å².